The molecule has 2 nitrogen and oxygen atoms in total. The van der Waals surface area contributed by atoms with Crippen molar-refractivity contribution in [2.24, 2.45) is 5.92 Å². The fourth-order valence-corrected chi connectivity index (χ4v) is 2.07. The van der Waals surface area contributed by atoms with E-state index in [9.17, 15) is 9.18 Å². The zero-order valence-electron chi connectivity index (χ0n) is 11.0. The number of hydrogen-bond donors (Lipinski definition) is 1. The van der Waals surface area contributed by atoms with Crippen LogP contribution in [0.2, 0.25) is 0 Å². The van der Waals surface area contributed by atoms with Crippen LogP contribution in [0.15, 0.2) is 18.2 Å². The first-order valence-electron chi connectivity index (χ1n) is 6.08. The molecule has 0 aliphatic rings. The number of nitrogens with one attached hydrogen (secondary N) is 1. The molecular formula is C14H19ClFNO. The van der Waals surface area contributed by atoms with Crippen LogP contribution in [0.3, 0.4) is 0 Å². The van der Waals surface area contributed by atoms with Crippen molar-refractivity contribution in [1.82, 2.24) is 5.32 Å². The van der Waals surface area contributed by atoms with Crippen LogP contribution in [0.4, 0.5) is 4.39 Å². The standard InChI is InChI=1S/C14H19ClFNO/c1-9(2)6-12(15)8-17-14(18)11-5-4-10(3)13(16)7-11/h4-5,7,9,12H,6,8H2,1-3H3,(H,17,18). The fraction of sp³-hybridized carbons (Fsp3) is 0.500. The quantitative estimate of drug-likeness (QED) is 0.816. The van der Waals surface area contributed by atoms with Crippen LogP contribution in [0, 0.1) is 18.7 Å². The zero-order chi connectivity index (χ0) is 13.7. The van der Waals surface area contributed by atoms with E-state index in [1.165, 1.54) is 6.07 Å². The van der Waals surface area contributed by atoms with Gasteiger partial charge in [-0.3, -0.25) is 4.79 Å². The number of amides is 1. The third kappa shape index (κ3) is 4.65. The largest absolute Gasteiger partial charge is 0.351 e. The molecule has 18 heavy (non-hydrogen) atoms. The molecule has 1 atom stereocenters. The van der Waals surface area contributed by atoms with Crippen molar-refractivity contribution in [2.75, 3.05) is 6.54 Å². The SMILES string of the molecule is Cc1ccc(C(=O)NCC(Cl)CC(C)C)cc1F. The fourth-order valence-electron chi connectivity index (χ4n) is 1.63. The minimum atomic E-state index is -0.368. The van der Waals surface area contributed by atoms with Gasteiger partial charge in [-0.1, -0.05) is 19.9 Å². The Morgan fingerprint density at radius 1 is 1.44 bits per heavy atom. The summed E-state index contributed by atoms with van der Waals surface area (Å²) in [5.41, 5.74) is 0.855. The molecule has 1 N–H and O–H groups in total. The molecule has 1 aromatic carbocycles. The van der Waals surface area contributed by atoms with E-state index in [0.29, 0.717) is 23.6 Å². The molecule has 0 bridgehead atoms. The lowest BCUT2D eigenvalue weighted by atomic mass is 10.1. The van der Waals surface area contributed by atoms with E-state index in [2.05, 4.69) is 19.2 Å². The number of halogens is 2. The third-order valence-electron chi connectivity index (χ3n) is 2.65. The number of carbonyl (C=O) groups is 1. The number of alkyl halides is 1. The average Bonchev–Trinajstić information content (AvgIpc) is 2.28. The second-order valence-corrected chi connectivity index (χ2v) is 5.52. The minimum Gasteiger partial charge on any atom is -0.351 e. The summed E-state index contributed by atoms with van der Waals surface area (Å²) in [6, 6.07) is 4.45. The van der Waals surface area contributed by atoms with Crippen LogP contribution in [0.25, 0.3) is 0 Å². The summed E-state index contributed by atoms with van der Waals surface area (Å²) in [5.74, 6) is -0.170. The highest BCUT2D eigenvalue weighted by atomic mass is 35.5. The smallest absolute Gasteiger partial charge is 0.251 e. The molecule has 1 amide bonds. The molecule has 100 valence electrons. The summed E-state index contributed by atoms with van der Waals surface area (Å²) in [6.45, 7) is 6.21. The topological polar surface area (TPSA) is 29.1 Å². The molecule has 0 heterocycles. The Bertz CT molecular complexity index is 420. The van der Waals surface area contributed by atoms with E-state index >= 15 is 0 Å². The predicted molar refractivity (Wildman–Crippen MR) is 72.6 cm³/mol. The molecule has 1 rings (SSSR count). The van der Waals surface area contributed by atoms with Gasteiger partial charge >= 0.3 is 0 Å². The monoisotopic (exact) mass is 271 g/mol. The molecular weight excluding hydrogens is 253 g/mol. The Labute approximate surface area is 113 Å². The minimum absolute atomic E-state index is 0.0933. The highest BCUT2D eigenvalue weighted by molar-refractivity contribution is 6.20. The van der Waals surface area contributed by atoms with Gasteiger partial charge in [0.1, 0.15) is 5.82 Å². The van der Waals surface area contributed by atoms with Gasteiger partial charge in [-0.05, 0) is 37.0 Å². The van der Waals surface area contributed by atoms with Gasteiger partial charge in [0.15, 0.2) is 0 Å². The maximum atomic E-state index is 13.3. The summed E-state index contributed by atoms with van der Waals surface area (Å²) in [7, 11) is 0. The second kappa shape index (κ2) is 6.74. The van der Waals surface area contributed by atoms with Crippen LogP contribution in [0.1, 0.15) is 36.2 Å². The second-order valence-electron chi connectivity index (χ2n) is 4.90. The predicted octanol–water partition coefficient (Wildman–Crippen LogP) is 3.52. The number of rotatable bonds is 5. The summed E-state index contributed by atoms with van der Waals surface area (Å²) in [6.07, 6.45) is 0.837. The Kier molecular flexibility index (Phi) is 5.60. The lowest BCUT2D eigenvalue weighted by Crippen LogP contribution is -2.30. The van der Waals surface area contributed by atoms with Crippen LogP contribution in [-0.4, -0.2) is 17.8 Å². The first-order chi connectivity index (χ1) is 8.40. The first kappa shape index (κ1) is 15.0. The molecule has 0 aromatic heterocycles. The number of aryl methyl sites for hydroxylation is 1. The molecule has 1 aromatic rings. The van der Waals surface area contributed by atoms with Gasteiger partial charge in [0.05, 0.1) is 5.38 Å². The maximum absolute atomic E-state index is 13.3. The number of benzene rings is 1. The molecule has 0 spiro atoms. The van der Waals surface area contributed by atoms with E-state index < -0.39 is 0 Å². The van der Waals surface area contributed by atoms with Crippen molar-refractivity contribution in [3.05, 3.63) is 35.1 Å². The molecule has 0 aliphatic carbocycles. The van der Waals surface area contributed by atoms with Crippen molar-refractivity contribution in [3.63, 3.8) is 0 Å². The zero-order valence-corrected chi connectivity index (χ0v) is 11.7. The summed E-state index contributed by atoms with van der Waals surface area (Å²) in [5, 5.41) is 2.62. The highest BCUT2D eigenvalue weighted by Crippen LogP contribution is 2.11. The van der Waals surface area contributed by atoms with Crippen molar-refractivity contribution in [3.8, 4) is 0 Å². The van der Waals surface area contributed by atoms with E-state index in [1.54, 1.807) is 19.1 Å². The normalized spacial score (nSPS) is 12.6. The van der Waals surface area contributed by atoms with Crippen LogP contribution >= 0.6 is 11.6 Å². The van der Waals surface area contributed by atoms with E-state index in [1.807, 2.05) is 0 Å². The Morgan fingerprint density at radius 3 is 2.67 bits per heavy atom. The van der Waals surface area contributed by atoms with Crippen LogP contribution in [-0.2, 0) is 0 Å². The number of hydrogen-bond acceptors (Lipinski definition) is 1. The maximum Gasteiger partial charge on any atom is 0.251 e. The third-order valence-corrected chi connectivity index (χ3v) is 2.98. The van der Waals surface area contributed by atoms with E-state index in [0.717, 1.165) is 6.42 Å². The Morgan fingerprint density at radius 2 is 2.11 bits per heavy atom. The van der Waals surface area contributed by atoms with Gasteiger partial charge in [0, 0.05) is 12.1 Å². The lowest BCUT2D eigenvalue weighted by Gasteiger charge is -2.13. The number of carbonyl (C=O) groups excluding carboxylic acids is 1. The van der Waals surface area contributed by atoms with Gasteiger partial charge in [-0.15, -0.1) is 11.6 Å². The summed E-state index contributed by atoms with van der Waals surface area (Å²) in [4.78, 5) is 11.8. The molecule has 0 radical (unpaired) electrons. The lowest BCUT2D eigenvalue weighted by molar-refractivity contribution is 0.0952. The van der Waals surface area contributed by atoms with Crippen molar-refractivity contribution in [1.29, 1.82) is 0 Å². The van der Waals surface area contributed by atoms with Crippen molar-refractivity contribution >= 4 is 17.5 Å². The summed E-state index contributed by atoms with van der Waals surface area (Å²) < 4.78 is 13.3. The van der Waals surface area contributed by atoms with Crippen molar-refractivity contribution in [2.45, 2.75) is 32.6 Å². The summed E-state index contributed by atoms with van der Waals surface area (Å²) >= 11 is 6.08. The molecule has 0 fully saturated rings. The molecule has 1 unspecified atom stereocenters. The molecule has 0 saturated carbocycles. The Balaban J connectivity index is 2.52. The van der Waals surface area contributed by atoms with Gasteiger partial charge in [0.25, 0.3) is 5.91 Å². The van der Waals surface area contributed by atoms with E-state index in [4.69, 9.17) is 11.6 Å². The molecule has 4 heteroatoms. The highest BCUT2D eigenvalue weighted by Gasteiger charge is 2.11. The average molecular weight is 272 g/mol. The van der Waals surface area contributed by atoms with Crippen LogP contribution < -0.4 is 5.32 Å². The van der Waals surface area contributed by atoms with Gasteiger partial charge in [-0.2, -0.15) is 0 Å². The first-order valence-corrected chi connectivity index (χ1v) is 6.52. The molecule has 0 aliphatic heterocycles. The molecule has 0 saturated heterocycles. The van der Waals surface area contributed by atoms with Crippen LogP contribution in [0.5, 0.6) is 0 Å². The van der Waals surface area contributed by atoms with Gasteiger partial charge in [-0.25, -0.2) is 4.39 Å². The van der Waals surface area contributed by atoms with E-state index in [-0.39, 0.29) is 17.1 Å². The van der Waals surface area contributed by atoms with Crippen molar-refractivity contribution < 1.29 is 9.18 Å². The Hall–Kier alpha value is -1.09. The van der Waals surface area contributed by atoms with Gasteiger partial charge < -0.3 is 5.32 Å². The van der Waals surface area contributed by atoms with Gasteiger partial charge in [0.2, 0.25) is 0 Å².